The molecule has 0 atom stereocenters. The van der Waals surface area contributed by atoms with E-state index in [1.807, 2.05) is 0 Å². The highest BCUT2D eigenvalue weighted by Gasteiger charge is 2.17. The predicted molar refractivity (Wildman–Crippen MR) is 71.0 cm³/mol. The summed E-state index contributed by atoms with van der Waals surface area (Å²) in [4.78, 5) is 12.0. The standard InChI is InChI=1S/C15H12F2O4/c1-19-10-6-8-11(9-7-10)20-14(18)12-4-2-3-5-13(12)21-15(16)17/h2-9,15H,1H3. The second-order valence-corrected chi connectivity index (χ2v) is 3.94. The predicted octanol–water partition coefficient (Wildman–Crippen LogP) is 3.52. The smallest absolute Gasteiger partial charge is 0.387 e. The van der Waals surface area contributed by atoms with Gasteiger partial charge < -0.3 is 14.2 Å². The molecule has 4 nitrogen and oxygen atoms in total. The van der Waals surface area contributed by atoms with Crippen LogP contribution >= 0.6 is 0 Å². The van der Waals surface area contributed by atoms with E-state index < -0.39 is 12.6 Å². The Balaban J connectivity index is 2.16. The van der Waals surface area contributed by atoms with E-state index in [0.29, 0.717) is 5.75 Å². The van der Waals surface area contributed by atoms with E-state index in [1.54, 1.807) is 12.1 Å². The van der Waals surface area contributed by atoms with Crippen molar-refractivity contribution >= 4 is 5.97 Å². The summed E-state index contributed by atoms with van der Waals surface area (Å²) in [5, 5.41) is 0. The summed E-state index contributed by atoms with van der Waals surface area (Å²) in [6.07, 6.45) is 0. The summed E-state index contributed by atoms with van der Waals surface area (Å²) >= 11 is 0. The molecule has 110 valence electrons. The number of carbonyl (C=O) groups excluding carboxylic acids is 1. The van der Waals surface area contributed by atoms with E-state index in [1.165, 1.54) is 43.5 Å². The maximum Gasteiger partial charge on any atom is 0.387 e. The number of halogens is 2. The summed E-state index contributed by atoms with van der Waals surface area (Å²) in [5.41, 5.74) is -0.0754. The Bertz CT molecular complexity index is 611. The highest BCUT2D eigenvalue weighted by molar-refractivity contribution is 5.94. The number of para-hydroxylation sites is 1. The molecule has 0 saturated carbocycles. The fourth-order valence-electron chi connectivity index (χ4n) is 1.64. The number of carbonyl (C=O) groups is 1. The Hall–Kier alpha value is -2.63. The normalized spacial score (nSPS) is 10.3. The number of rotatable bonds is 5. The monoisotopic (exact) mass is 294 g/mol. The summed E-state index contributed by atoms with van der Waals surface area (Å²) in [6, 6.07) is 11.9. The minimum absolute atomic E-state index is 0.0754. The van der Waals surface area contributed by atoms with E-state index >= 15 is 0 Å². The third kappa shape index (κ3) is 3.92. The Kier molecular flexibility index (Phi) is 4.71. The van der Waals surface area contributed by atoms with Gasteiger partial charge in [0.25, 0.3) is 0 Å². The molecule has 0 fully saturated rings. The van der Waals surface area contributed by atoms with Crippen LogP contribution < -0.4 is 14.2 Å². The van der Waals surface area contributed by atoms with Crippen molar-refractivity contribution in [3.05, 3.63) is 54.1 Å². The van der Waals surface area contributed by atoms with Gasteiger partial charge in [0.15, 0.2) is 0 Å². The quantitative estimate of drug-likeness (QED) is 0.625. The Morgan fingerprint density at radius 1 is 1.00 bits per heavy atom. The molecule has 2 aromatic carbocycles. The van der Waals surface area contributed by atoms with Crippen molar-refractivity contribution in [2.45, 2.75) is 6.61 Å². The maximum atomic E-state index is 12.3. The minimum Gasteiger partial charge on any atom is -0.497 e. The largest absolute Gasteiger partial charge is 0.497 e. The summed E-state index contributed by atoms with van der Waals surface area (Å²) < 4.78 is 38.9. The summed E-state index contributed by atoms with van der Waals surface area (Å²) in [7, 11) is 1.51. The lowest BCUT2D eigenvalue weighted by molar-refractivity contribution is -0.0503. The van der Waals surface area contributed by atoms with Crippen LogP contribution in [0.15, 0.2) is 48.5 Å². The Morgan fingerprint density at radius 3 is 2.24 bits per heavy atom. The molecule has 0 radical (unpaired) electrons. The summed E-state index contributed by atoms with van der Waals surface area (Å²) in [6.45, 7) is -3.01. The second-order valence-electron chi connectivity index (χ2n) is 3.94. The molecule has 0 bridgehead atoms. The molecule has 0 heterocycles. The lowest BCUT2D eigenvalue weighted by Crippen LogP contribution is -2.12. The van der Waals surface area contributed by atoms with E-state index in [2.05, 4.69) is 4.74 Å². The van der Waals surface area contributed by atoms with Gasteiger partial charge in [0.05, 0.1) is 7.11 Å². The average Bonchev–Trinajstić information content (AvgIpc) is 2.48. The molecule has 0 aromatic heterocycles. The Labute approximate surface area is 119 Å². The molecule has 0 unspecified atom stereocenters. The van der Waals surface area contributed by atoms with Crippen molar-refractivity contribution in [3.63, 3.8) is 0 Å². The van der Waals surface area contributed by atoms with Crippen LogP contribution in [0.2, 0.25) is 0 Å². The van der Waals surface area contributed by atoms with Crippen LogP contribution in [0.1, 0.15) is 10.4 Å². The molecule has 6 heteroatoms. The van der Waals surface area contributed by atoms with Gasteiger partial charge in [-0.1, -0.05) is 12.1 Å². The van der Waals surface area contributed by atoms with Crippen LogP contribution in [0.25, 0.3) is 0 Å². The van der Waals surface area contributed by atoms with Gasteiger partial charge in [-0.3, -0.25) is 0 Å². The van der Waals surface area contributed by atoms with Crippen molar-refractivity contribution in [1.82, 2.24) is 0 Å². The van der Waals surface area contributed by atoms with Crippen molar-refractivity contribution < 1.29 is 27.8 Å². The number of hydrogen-bond donors (Lipinski definition) is 0. The highest BCUT2D eigenvalue weighted by Crippen LogP contribution is 2.23. The number of alkyl halides is 2. The number of esters is 1. The first-order chi connectivity index (χ1) is 10.1. The zero-order chi connectivity index (χ0) is 15.2. The van der Waals surface area contributed by atoms with Crippen LogP contribution in [0.5, 0.6) is 17.2 Å². The third-order valence-electron chi connectivity index (χ3n) is 2.59. The van der Waals surface area contributed by atoms with Gasteiger partial charge in [0.1, 0.15) is 22.8 Å². The van der Waals surface area contributed by atoms with Crippen LogP contribution in [-0.2, 0) is 0 Å². The van der Waals surface area contributed by atoms with E-state index in [9.17, 15) is 13.6 Å². The van der Waals surface area contributed by atoms with Crippen molar-refractivity contribution in [1.29, 1.82) is 0 Å². The lowest BCUT2D eigenvalue weighted by Gasteiger charge is -2.10. The van der Waals surface area contributed by atoms with Gasteiger partial charge in [-0.25, -0.2) is 4.79 Å². The molecule has 0 aliphatic heterocycles. The number of ether oxygens (including phenoxy) is 3. The second kappa shape index (κ2) is 6.69. The van der Waals surface area contributed by atoms with Crippen LogP contribution in [0.4, 0.5) is 8.78 Å². The van der Waals surface area contributed by atoms with Gasteiger partial charge in [0.2, 0.25) is 0 Å². The molecule has 0 spiro atoms. The lowest BCUT2D eigenvalue weighted by atomic mass is 10.2. The number of methoxy groups -OCH3 is 1. The Morgan fingerprint density at radius 2 is 1.62 bits per heavy atom. The van der Waals surface area contributed by atoms with Crippen LogP contribution in [-0.4, -0.2) is 19.7 Å². The molecule has 2 rings (SSSR count). The van der Waals surface area contributed by atoms with Crippen LogP contribution in [0.3, 0.4) is 0 Å². The highest BCUT2D eigenvalue weighted by atomic mass is 19.3. The fraction of sp³-hybridized carbons (Fsp3) is 0.133. The molecule has 2 aromatic rings. The van der Waals surface area contributed by atoms with E-state index in [4.69, 9.17) is 9.47 Å². The SMILES string of the molecule is COc1ccc(OC(=O)c2ccccc2OC(F)F)cc1. The molecule has 0 N–H and O–H groups in total. The zero-order valence-corrected chi connectivity index (χ0v) is 11.1. The first-order valence-corrected chi connectivity index (χ1v) is 6.00. The number of hydrogen-bond acceptors (Lipinski definition) is 4. The molecule has 0 aliphatic carbocycles. The molecular weight excluding hydrogens is 282 g/mol. The maximum absolute atomic E-state index is 12.3. The van der Waals surface area contributed by atoms with Crippen molar-refractivity contribution in [2.24, 2.45) is 0 Å². The molecular formula is C15H12F2O4. The van der Waals surface area contributed by atoms with Gasteiger partial charge in [-0.05, 0) is 36.4 Å². The van der Waals surface area contributed by atoms with E-state index in [0.717, 1.165) is 0 Å². The topological polar surface area (TPSA) is 44.8 Å². The fourth-order valence-corrected chi connectivity index (χ4v) is 1.64. The third-order valence-corrected chi connectivity index (χ3v) is 2.59. The molecule has 21 heavy (non-hydrogen) atoms. The van der Waals surface area contributed by atoms with Crippen molar-refractivity contribution in [3.8, 4) is 17.2 Å². The first kappa shape index (κ1) is 14.8. The van der Waals surface area contributed by atoms with Crippen LogP contribution in [0, 0.1) is 0 Å². The molecule has 0 aliphatic rings. The summed E-state index contributed by atoms with van der Waals surface area (Å²) in [5.74, 6) is -0.133. The number of benzene rings is 2. The van der Waals surface area contributed by atoms with Crippen molar-refractivity contribution in [2.75, 3.05) is 7.11 Å². The first-order valence-electron chi connectivity index (χ1n) is 6.00. The minimum atomic E-state index is -3.01. The average molecular weight is 294 g/mol. The molecule has 0 amide bonds. The van der Waals surface area contributed by atoms with Gasteiger partial charge in [-0.2, -0.15) is 8.78 Å². The van der Waals surface area contributed by atoms with E-state index in [-0.39, 0.29) is 17.1 Å². The van der Waals surface area contributed by atoms with Gasteiger partial charge >= 0.3 is 12.6 Å². The van der Waals surface area contributed by atoms with Gasteiger partial charge in [-0.15, -0.1) is 0 Å². The zero-order valence-electron chi connectivity index (χ0n) is 11.1. The molecule has 0 saturated heterocycles. The van der Waals surface area contributed by atoms with Gasteiger partial charge in [0, 0.05) is 0 Å².